The second-order valence-corrected chi connectivity index (χ2v) is 4.95. The topological polar surface area (TPSA) is 0 Å². The Kier molecular flexibility index (Phi) is 4.22. The van der Waals surface area contributed by atoms with E-state index in [-0.39, 0.29) is 5.38 Å². The zero-order valence-electron chi connectivity index (χ0n) is 10.0. The summed E-state index contributed by atoms with van der Waals surface area (Å²) in [4.78, 5) is 0. The van der Waals surface area contributed by atoms with Crippen LogP contribution >= 0.6 is 11.6 Å². The van der Waals surface area contributed by atoms with Gasteiger partial charge in [-0.25, -0.2) is 0 Å². The largest absolute Gasteiger partial charge is 0.118 e. The third-order valence-electron chi connectivity index (χ3n) is 3.09. The van der Waals surface area contributed by atoms with Crippen LogP contribution in [-0.2, 0) is 0 Å². The average Bonchev–Trinajstić information content (AvgIpc) is 2.40. The molecule has 1 heteroatoms. The van der Waals surface area contributed by atoms with Gasteiger partial charge in [-0.05, 0) is 23.5 Å². The summed E-state index contributed by atoms with van der Waals surface area (Å²) in [6.07, 6.45) is 0.968. The third kappa shape index (κ3) is 3.34. The molecule has 2 rings (SSSR count). The van der Waals surface area contributed by atoms with Crippen molar-refractivity contribution in [2.45, 2.75) is 24.6 Å². The van der Waals surface area contributed by atoms with E-state index in [1.807, 2.05) is 24.3 Å². The van der Waals surface area contributed by atoms with Crippen molar-refractivity contribution in [1.82, 2.24) is 0 Å². The van der Waals surface area contributed by atoms with Gasteiger partial charge >= 0.3 is 0 Å². The van der Waals surface area contributed by atoms with Crippen molar-refractivity contribution in [2.75, 3.05) is 0 Å². The van der Waals surface area contributed by atoms with Gasteiger partial charge in [-0.15, -0.1) is 11.6 Å². The van der Waals surface area contributed by atoms with Crippen LogP contribution in [0, 0.1) is 0 Å². The molecule has 0 radical (unpaired) electrons. The second-order valence-electron chi connectivity index (χ2n) is 4.43. The standard InChI is InChI=1S/C16H17Cl/c1-13(14-8-4-2-5-9-14)12-16(17)15-10-6-3-7-11-15/h2-11,13,16H,12H2,1H3. The lowest BCUT2D eigenvalue weighted by molar-refractivity contribution is 0.664. The normalized spacial score (nSPS) is 14.2. The van der Waals surface area contributed by atoms with Crippen LogP contribution in [0.4, 0.5) is 0 Å². The summed E-state index contributed by atoms with van der Waals surface area (Å²) in [7, 11) is 0. The Labute approximate surface area is 108 Å². The van der Waals surface area contributed by atoms with Crippen molar-refractivity contribution < 1.29 is 0 Å². The Morgan fingerprint density at radius 3 is 1.82 bits per heavy atom. The lowest BCUT2D eigenvalue weighted by Gasteiger charge is -2.16. The Hall–Kier alpha value is -1.27. The first kappa shape index (κ1) is 12.2. The molecule has 0 amide bonds. The van der Waals surface area contributed by atoms with Crippen molar-refractivity contribution in [1.29, 1.82) is 0 Å². The lowest BCUT2D eigenvalue weighted by Crippen LogP contribution is -1.99. The molecule has 0 saturated heterocycles. The minimum absolute atomic E-state index is 0.0893. The second kappa shape index (κ2) is 5.88. The van der Waals surface area contributed by atoms with E-state index in [4.69, 9.17) is 11.6 Å². The van der Waals surface area contributed by atoms with Crippen molar-refractivity contribution in [3.05, 3.63) is 71.8 Å². The van der Waals surface area contributed by atoms with Gasteiger partial charge in [0.25, 0.3) is 0 Å². The van der Waals surface area contributed by atoms with Crippen molar-refractivity contribution in [3.63, 3.8) is 0 Å². The van der Waals surface area contributed by atoms with Gasteiger partial charge in [-0.1, -0.05) is 67.6 Å². The Bertz CT molecular complexity index is 392. The highest BCUT2D eigenvalue weighted by Gasteiger charge is 2.13. The lowest BCUT2D eigenvalue weighted by atomic mass is 9.94. The molecule has 2 atom stereocenters. The minimum Gasteiger partial charge on any atom is -0.118 e. The zero-order valence-corrected chi connectivity index (χ0v) is 10.8. The molecule has 0 nitrogen and oxygen atoms in total. The fraction of sp³-hybridized carbons (Fsp3) is 0.250. The molecule has 0 spiro atoms. The van der Waals surface area contributed by atoms with Crippen molar-refractivity contribution in [2.24, 2.45) is 0 Å². The Morgan fingerprint density at radius 1 is 0.824 bits per heavy atom. The molecule has 0 bridgehead atoms. The van der Waals surface area contributed by atoms with E-state index in [2.05, 4.69) is 43.3 Å². The summed E-state index contributed by atoms with van der Waals surface area (Å²) in [6.45, 7) is 2.23. The zero-order chi connectivity index (χ0) is 12.1. The van der Waals surface area contributed by atoms with Crippen molar-refractivity contribution >= 4 is 11.6 Å². The van der Waals surface area contributed by atoms with Gasteiger partial charge in [-0.2, -0.15) is 0 Å². The van der Waals surface area contributed by atoms with E-state index in [0.717, 1.165) is 6.42 Å². The van der Waals surface area contributed by atoms with Gasteiger partial charge in [0, 0.05) is 0 Å². The van der Waals surface area contributed by atoms with E-state index < -0.39 is 0 Å². The van der Waals surface area contributed by atoms with Gasteiger partial charge < -0.3 is 0 Å². The van der Waals surface area contributed by atoms with Crippen LogP contribution in [-0.4, -0.2) is 0 Å². The number of hydrogen-bond donors (Lipinski definition) is 0. The van der Waals surface area contributed by atoms with E-state index in [1.54, 1.807) is 0 Å². The number of hydrogen-bond acceptors (Lipinski definition) is 0. The quantitative estimate of drug-likeness (QED) is 0.652. The van der Waals surface area contributed by atoms with Crippen LogP contribution in [0.15, 0.2) is 60.7 Å². The van der Waals surface area contributed by atoms with Gasteiger partial charge in [0.2, 0.25) is 0 Å². The molecule has 0 aliphatic rings. The summed E-state index contributed by atoms with van der Waals surface area (Å²) in [6, 6.07) is 20.8. The fourth-order valence-electron chi connectivity index (χ4n) is 2.03. The first-order chi connectivity index (χ1) is 8.27. The maximum atomic E-state index is 6.45. The third-order valence-corrected chi connectivity index (χ3v) is 3.52. The van der Waals surface area contributed by atoms with Crippen LogP contribution in [0.3, 0.4) is 0 Å². The van der Waals surface area contributed by atoms with Crippen LogP contribution in [0.25, 0.3) is 0 Å². The molecule has 2 unspecified atom stereocenters. The predicted molar refractivity (Wildman–Crippen MR) is 74.5 cm³/mol. The molecule has 2 aromatic rings. The number of rotatable bonds is 4. The van der Waals surface area contributed by atoms with E-state index in [1.165, 1.54) is 11.1 Å². The van der Waals surface area contributed by atoms with E-state index >= 15 is 0 Å². The Morgan fingerprint density at radius 2 is 1.29 bits per heavy atom. The van der Waals surface area contributed by atoms with Gasteiger partial charge in [-0.3, -0.25) is 0 Å². The summed E-state index contributed by atoms with van der Waals surface area (Å²) in [5.74, 6) is 0.485. The first-order valence-corrected chi connectivity index (χ1v) is 6.45. The average molecular weight is 245 g/mol. The molecule has 17 heavy (non-hydrogen) atoms. The van der Waals surface area contributed by atoms with Crippen LogP contribution in [0.5, 0.6) is 0 Å². The maximum Gasteiger partial charge on any atom is 0.0590 e. The fourth-order valence-corrected chi connectivity index (χ4v) is 2.44. The van der Waals surface area contributed by atoms with Gasteiger partial charge in [0.15, 0.2) is 0 Å². The van der Waals surface area contributed by atoms with Crippen LogP contribution in [0.2, 0.25) is 0 Å². The summed E-state index contributed by atoms with van der Waals surface area (Å²) in [5.41, 5.74) is 2.56. The smallest absolute Gasteiger partial charge is 0.0590 e. The minimum atomic E-state index is 0.0893. The molecule has 0 N–H and O–H groups in total. The highest BCUT2D eigenvalue weighted by molar-refractivity contribution is 6.20. The Balaban J connectivity index is 2.02. The molecule has 2 aromatic carbocycles. The number of alkyl halides is 1. The van der Waals surface area contributed by atoms with Crippen LogP contribution in [0.1, 0.15) is 35.8 Å². The summed E-state index contributed by atoms with van der Waals surface area (Å²) in [5, 5.41) is 0.0893. The monoisotopic (exact) mass is 244 g/mol. The van der Waals surface area contributed by atoms with E-state index in [0.29, 0.717) is 5.92 Å². The molecule has 0 aromatic heterocycles. The maximum absolute atomic E-state index is 6.45. The van der Waals surface area contributed by atoms with Gasteiger partial charge in [0.05, 0.1) is 5.38 Å². The van der Waals surface area contributed by atoms with Gasteiger partial charge in [0.1, 0.15) is 0 Å². The molecule has 0 aliphatic carbocycles. The molecular formula is C16H17Cl. The predicted octanol–water partition coefficient (Wildman–Crippen LogP) is 5.16. The molecule has 0 aliphatic heterocycles. The van der Waals surface area contributed by atoms with E-state index in [9.17, 15) is 0 Å². The molecule has 0 saturated carbocycles. The van der Waals surface area contributed by atoms with Crippen molar-refractivity contribution in [3.8, 4) is 0 Å². The molecule has 88 valence electrons. The molecular weight excluding hydrogens is 228 g/mol. The SMILES string of the molecule is CC(CC(Cl)c1ccccc1)c1ccccc1. The first-order valence-electron chi connectivity index (χ1n) is 6.01. The number of benzene rings is 2. The number of halogens is 1. The molecule has 0 fully saturated rings. The highest BCUT2D eigenvalue weighted by Crippen LogP contribution is 2.32. The molecule has 0 heterocycles. The van der Waals surface area contributed by atoms with Crippen LogP contribution < -0.4 is 0 Å². The summed E-state index contributed by atoms with van der Waals surface area (Å²) >= 11 is 6.45. The summed E-state index contributed by atoms with van der Waals surface area (Å²) < 4.78 is 0. The highest BCUT2D eigenvalue weighted by atomic mass is 35.5.